The van der Waals surface area contributed by atoms with Gasteiger partial charge in [0.05, 0.1) is 0 Å². The first-order chi connectivity index (χ1) is 13.5. The fourth-order valence-corrected chi connectivity index (χ4v) is 4.09. The topological polar surface area (TPSA) is 75.7 Å². The molecule has 0 spiro atoms. The van der Waals surface area contributed by atoms with Crippen molar-refractivity contribution in [2.45, 2.75) is 64.1 Å². The second-order valence-corrected chi connectivity index (χ2v) is 9.10. The Bertz CT molecular complexity index is 802. The van der Waals surface area contributed by atoms with Crippen molar-refractivity contribution in [3.05, 3.63) is 35.4 Å². The molecule has 2 saturated heterocycles. The molecule has 2 fully saturated rings. The van der Waals surface area contributed by atoms with E-state index in [2.05, 4.69) is 12.2 Å². The molecule has 7 heteroatoms. The highest BCUT2D eigenvalue weighted by atomic mass is 19.1. The summed E-state index contributed by atoms with van der Waals surface area (Å²) in [7, 11) is 0. The molecule has 2 aliphatic rings. The van der Waals surface area contributed by atoms with Gasteiger partial charge in [-0.25, -0.2) is 9.18 Å². The first-order valence-electron chi connectivity index (χ1n) is 10.1. The van der Waals surface area contributed by atoms with Gasteiger partial charge in [0.1, 0.15) is 5.60 Å². The second-order valence-electron chi connectivity index (χ2n) is 9.10. The van der Waals surface area contributed by atoms with Crippen molar-refractivity contribution < 1.29 is 23.5 Å². The van der Waals surface area contributed by atoms with Crippen molar-refractivity contribution in [3.63, 3.8) is 0 Å². The number of nitrogens with one attached hydrogen (secondary N) is 1. The number of imide groups is 1. The van der Waals surface area contributed by atoms with Crippen LogP contribution in [-0.2, 0) is 20.0 Å². The van der Waals surface area contributed by atoms with E-state index in [0.29, 0.717) is 13.1 Å². The number of piperidine rings is 2. The van der Waals surface area contributed by atoms with Crippen LogP contribution in [0.15, 0.2) is 24.3 Å². The summed E-state index contributed by atoms with van der Waals surface area (Å²) >= 11 is 0. The number of alkyl halides is 1. The SMILES string of the molecule is CC1CN(C(=O)OC(C)(C)C)CCC1c1ccc(C2(F)CCC(=O)NC2=O)cc1. The molecule has 3 unspecified atom stereocenters. The number of halogens is 1. The summed E-state index contributed by atoms with van der Waals surface area (Å²) in [5.41, 5.74) is -1.37. The second kappa shape index (κ2) is 7.76. The number of nitrogens with zero attached hydrogens (tertiary/aromatic N) is 1. The van der Waals surface area contributed by atoms with Crippen LogP contribution in [0, 0.1) is 5.92 Å². The zero-order valence-electron chi connectivity index (χ0n) is 17.5. The predicted octanol–water partition coefficient (Wildman–Crippen LogP) is 3.65. The summed E-state index contributed by atoms with van der Waals surface area (Å²) in [5.74, 6) is -0.872. The summed E-state index contributed by atoms with van der Waals surface area (Å²) in [6.45, 7) is 8.84. The molecule has 2 aliphatic heterocycles. The fourth-order valence-electron chi connectivity index (χ4n) is 4.09. The van der Waals surface area contributed by atoms with E-state index >= 15 is 4.39 Å². The molecule has 3 rings (SSSR count). The highest BCUT2D eigenvalue weighted by Crippen LogP contribution is 2.37. The third-order valence-electron chi connectivity index (χ3n) is 5.66. The van der Waals surface area contributed by atoms with E-state index in [0.717, 1.165) is 12.0 Å². The van der Waals surface area contributed by atoms with Crippen molar-refractivity contribution in [1.29, 1.82) is 0 Å². The largest absolute Gasteiger partial charge is 0.444 e. The van der Waals surface area contributed by atoms with Gasteiger partial charge in [-0.05, 0) is 50.2 Å². The monoisotopic (exact) mass is 404 g/mol. The van der Waals surface area contributed by atoms with Crippen molar-refractivity contribution in [1.82, 2.24) is 10.2 Å². The molecule has 29 heavy (non-hydrogen) atoms. The Hall–Kier alpha value is -2.44. The summed E-state index contributed by atoms with van der Waals surface area (Å²) in [4.78, 5) is 37.4. The smallest absolute Gasteiger partial charge is 0.410 e. The van der Waals surface area contributed by atoms with Gasteiger partial charge in [0.2, 0.25) is 11.6 Å². The number of amides is 3. The summed E-state index contributed by atoms with van der Waals surface area (Å²) < 4.78 is 20.6. The number of hydrogen-bond donors (Lipinski definition) is 1. The first-order valence-corrected chi connectivity index (χ1v) is 10.1. The zero-order chi connectivity index (χ0) is 21.4. The van der Waals surface area contributed by atoms with Crippen LogP contribution in [0.1, 0.15) is 64.0 Å². The lowest BCUT2D eigenvalue weighted by Gasteiger charge is -2.38. The van der Waals surface area contributed by atoms with Crippen LogP contribution in [0.4, 0.5) is 9.18 Å². The van der Waals surface area contributed by atoms with Gasteiger partial charge in [0.15, 0.2) is 0 Å². The van der Waals surface area contributed by atoms with Crippen LogP contribution < -0.4 is 5.32 Å². The number of carbonyl (C=O) groups is 3. The molecule has 0 aromatic heterocycles. The van der Waals surface area contributed by atoms with Gasteiger partial charge in [-0.15, -0.1) is 0 Å². The maximum absolute atomic E-state index is 15.2. The van der Waals surface area contributed by atoms with Gasteiger partial charge in [-0.1, -0.05) is 31.2 Å². The first kappa shape index (κ1) is 21.3. The van der Waals surface area contributed by atoms with Gasteiger partial charge in [0.25, 0.3) is 5.91 Å². The molecule has 0 bridgehead atoms. The Morgan fingerprint density at radius 2 is 1.90 bits per heavy atom. The summed E-state index contributed by atoms with van der Waals surface area (Å²) in [6.07, 6.45) is 0.344. The average molecular weight is 404 g/mol. The molecule has 0 radical (unpaired) electrons. The predicted molar refractivity (Wildman–Crippen MR) is 106 cm³/mol. The highest BCUT2D eigenvalue weighted by molar-refractivity contribution is 6.02. The Morgan fingerprint density at radius 3 is 2.45 bits per heavy atom. The van der Waals surface area contributed by atoms with Gasteiger partial charge < -0.3 is 9.64 Å². The Balaban J connectivity index is 1.67. The minimum Gasteiger partial charge on any atom is -0.444 e. The van der Waals surface area contributed by atoms with Gasteiger partial charge in [-0.3, -0.25) is 14.9 Å². The normalized spacial score (nSPS) is 28.1. The Kier molecular flexibility index (Phi) is 5.70. The van der Waals surface area contributed by atoms with Crippen LogP contribution >= 0.6 is 0 Å². The molecule has 6 nitrogen and oxygen atoms in total. The molecule has 158 valence electrons. The van der Waals surface area contributed by atoms with E-state index in [4.69, 9.17) is 4.74 Å². The summed E-state index contributed by atoms with van der Waals surface area (Å²) in [6, 6.07) is 6.98. The van der Waals surface area contributed by atoms with Gasteiger partial charge in [0, 0.05) is 25.9 Å². The molecule has 1 aromatic carbocycles. The van der Waals surface area contributed by atoms with Crippen molar-refractivity contribution in [2.75, 3.05) is 13.1 Å². The molecule has 0 saturated carbocycles. The van der Waals surface area contributed by atoms with E-state index in [1.807, 2.05) is 32.9 Å². The molecular formula is C22H29FN2O4. The van der Waals surface area contributed by atoms with Crippen molar-refractivity contribution >= 4 is 17.9 Å². The number of hydrogen-bond acceptors (Lipinski definition) is 4. The van der Waals surface area contributed by atoms with Crippen LogP contribution in [0.3, 0.4) is 0 Å². The van der Waals surface area contributed by atoms with Gasteiger partial charge >= 0.3 is 6.09 Å². The Labute approximate surface area is 170 Å². The maximum atomic E-state index is 15.2. The van der Waals surface area contributed by atoms with E-state index < -0.39 is 23.1 Å². The zero-order valence-corrected chi connectivity index (χ0v) is 17.5. The van der Waals surface area contributed by atoms with Crippen LogP contribution in [0.25, 0.3) is 0 Å². The lowest BCUT2D eigenvalue weighted by atomic mass is 9.80. The van der Waals surface area contributed by atoms with Crippen LogP contribution in [0.5, 0.6) is 0 Å². The van der Waals surface area contributed by atoms with E-state index in [-0.39, 0.29) is 36.3 Å². The molecule has 2 heterocycles. The fraction of sp³-hybridized carbons (Fsp3) is 0.591. The number of benzene rings is 1. The quantitative estimate of drug-likeness (QED) is 0.764. The minimum absolute atomic E-state index is 0.00977. The van der Waals surface area contributed by atoms with Crippen molar-refractivity contribution in [2.24, 2.45) is 5.92 Å². The van der Waals surface area contributed by atoms with Gasteiger partial charge in [-0.2, -0.15) is 0 Å². The van der Waals surface area contributed by atoms with Crippen molar-refractivity contribution in [3.8, 4) is 0 Å². The van der Waals surface area contributed by atoms with E-state index in [1.165, 1.54) is 0 Å². The summed E-state index contributed by atoms with van der Waals surface area (Å²) in [5, 5.41) is 2.08. The number of ether oxygens (including phenoxy) is 1. The third kappa shape index (κ3) is 4.60. The molecular weight excluding hydrogens is 375 g/mol. The van der Waals surface area contributed by atoms with Crippen LogP contribution in [-0.4, -0.2) is 41.5 Å². The molecule has 3 amide bonds. The third-order valence-corrected chi connectivity index (χ3v) is 5.66. The van der Waals surface area contributed by atoms with E-state index in [9.17, 15) is 14.4 Å². The minimum atomic E-state index is -2.17. The number of likely N-dealkylation sites (tertiary alicyclic amines) is 1. The lowest BCUT2D eigenvalue weighted by Crippen LogP contribution is -2.49. The highest BCUT2D eigenvalue weighted by Gasteiger charge is 2.44. The lowest BCUT2D eigenvalue weighted by molar-refractivity contribution is -0.144. The number of rotatable bonds is 2. The molecule has 1 N–H and O–H groups in total. The van der Waals surface area contributed by atoms with Crippen LogP contribution in [0.2, 0.25) is 0 Å². The average Bonchev–Trinajstić information content (AvgIpc) is 2.64. The standard InChI is InChI=1S/C22H29FN2O4/c1-14-13-25(20(28)29-21(2,3)4)12-10-17(14)15-5-7-16(8-6-15)22(23)11-9-18(26)24-19(22)27/h5-8,14,17H,9-13H2,1-4H3,(H,24,26,27). The maximum Gasteiger partial charge on any atom is 0.410 e. The molecule has 3 atom stereocenters. The van der Waals surface area contributed by atoms with E-state index in [1.54, 1.807) is 17.0 Å². The molecule has 0 aliphatic carbocycles. The Morgan fingerprint density at radius 1 is 1.24 bits per heavy atom. The number of carbonyl (C=O) groups excluding carboxylic acids is 3. The molecule has 1 aromatic rings.